The molecular weight excluding hydrogens is 279 g/mol. The molecule has 0 aliphatic carbocycles. The first-order valence-electron chi connectivity index (χ1n) is 8.30. The minimum absolute atomic E-state index is 0.0846. The maximum absolute atomic E-state index is 12.9. The fourth-order valence-electron chi connectivity index (χ4n) is 2.24. The number of hydrogen-bond acceptors (Lipinski definition) is 2. The number of hydrogen-bond donors (Lipinski definition) is 1. The van der Waals surface area contributed by atoms with Gasteiger partial charge in [0.25, 0.3) is 0 Å². The highest BCUT2D eigenvalue weighted by molar-refractivity contribution is 5.82. The van der Waals surface area contributed by atoms with E-state index in [4.69, 9.17) is 0 Å². The van der Waals surface area contributed by atoms with Crippen LogP contribution in [0.5, 0.6) is 0 Å². The Kier molecular flexibility index (Phi) is 9.92. The van der Waals surface area contributed by atoms with Crippen molar-refractivity contribution in [2.24, 2.45) is 5.10 Å². The smallest absolute Gasteiger partial charge is 0.240 e. The Morgan fingerprint density at radius 3 is 2.50 bits per heavy atom. The number of halogens is 1. The van der Waals surface area contributed by atoms with Crippen LogP contribution < -0.4 is 5.43 Å². The summed E-state index contributed by atoms with van der Waals surface area (Å²) in [4.78, 5) is 11.6. The lowest BCUT2D eigenvalue weighted by Crippen LogP contribution is -2.16. The Balaban J connectivity index is 2.04. The molecule has 1 aromatic rings. The van der Waals surface area contributed by atoms with Crippen molar-refractivity contribution in [3.05, 3.63) is 35.6 Å². The van der Waals surface area contributed by atoms with Crippen molar-refractivity contribution in [2.45, 2.75) is 64.7 Å². The van der Waals surface area contributed by atoms with E-state index in [9.17, 15) is 9.18 Å². The van der Waals surface area contributed by atoms with E-state index in [0.29, 0.717) is 12.0 Å². The van der Waals surface area contributed by atoms with Crippen LogP contribution in [0, 0.1) is 5.82 Å². The first-order chi connectivity index (χ1) is 10.7. The minimum Gasteiger partial charge on any atom is -0.273 e. The van der Waals surface area contributed by atoms with Gasteiger partial charge in [-0.3, -0.25) is 4.79 Å². The zero-order valence-electron chi connectivity index (χ0n) is 13.5. The summed E-state index contributed by atoms with van der Waals surface area (Å²) in [5, 5.41) is 3.84. The van der Waals surface area contributed by atoms with E-state index in [1.807, 2.05) is 0 Å². The van der Waals surface area contributed by atoms with Crippen molar-refractivity contribution in [3.8, 4) is 0 Å². The lowest BCUT2D eigenvalue weighted by atomic mass is 10.1. The molecule has 122 valence electrons. The Labute approximate surface area is 133 Å². The molecule has 0 aromatic heterocycles. The number of carbonyl (C=O) groups excluding carboxylic acids is 1. The average Bonchev–Trinajstić information content (AvgIpc) is 2.50. The molecule has 0 spiro atoms. The zero-order chi connectivity index (χ0) is 16.0. The second-order valence-electron chi connectivity index (χ2n) is 5.57. The molecule has 0 aliphatic rings. The van der Waals surface area contributed by atoms with Gasteiger partial charge in [0, 0.05) is 6.42 Å². The Bertz CT molecular complexity index is 460. The lowest BCUT2D eigenvalue weighted by molar-refractivity contribution is -0.121. The van der Waals surface area contributed by atoms with E-state index in [1.54, 1.807) is 12.1 Å². The number of amides is 1. The number of carbonyl (C=O) groups is 1. The second kappa shape index (κ2) is 11.9. The standard InChI is InChI=1S/C18H27FN2O/c1-2-3-4-5-6-7-8-9-13-18(22)21-20-15-16-11-10-12-17(19)14-16/h10-12,14-15H,2-9,13H2,1H3,(H,21,22). The molecule has 0 heterocycles. The van der Waals surface area contributed by atoms with Crippen LogP contribution >= 0.6 is 0 Å². The van der Waals surface area contributed by atoms with Crippen molar-refractivity contribution in [1.29, 1.82) is 0 Å². The highest BCUT2D eigenvalue weighted by atomic mass is 19.1. The summed E-state index contributed by atoms with van der Waals surface area (Å²) in [6.07, 6.45) is 11.6. The molecule has 1 aromatic carbocycles. The first-order valence-corrected chi connectivity index (χ1v) is 8.30. The fourth-order valence-corrected chi connectivity index (χ4v) is 2.24. The van der Waals surface area contributed by atoms with Crippen LogP contribution in [0.1, 0.15) is 70.3 Å². The maximum Gasteiger partial charge on any atom is 0.240 e. The largest absolute Gasteiger partial charge is 0.273 e. The number of rotatable bonds is 11. The molecule has 1 rings (SSSR count). The van der Waals surface area contributed by atoms with Gasteiger partial charge in [0.1, 0.15) is 5.82 Å². The Hall–Kier alpha value is -1.71. The predicted molar refractivity (Wildman–Crippen MR) is 89.4 cm³/mol. The van der Waals surface area contributed by atoms with Gasteiger partial charge >= 0.3 is 0 Å². The topological polar surface area (TPSA) is 41.5 Å². The van der Waals surface area contributed by atoms with Gasteiger partial charge in [-0.15, -0.1) is 0 Å². The van der Waals surface area contributed by atoms with Crippen molar-refractivity contribution < 1.29 is 9.18 Å². The summed E-state index contributed by atoms with van der Waals surface area (Å²) < 4.78 is 12.9. The Morgan fingerprint density at radius 2 is 1.82 bits per heavy atom. The summed E-state index contributed by atoms with van der Waals surface area (Å²) in [5.74, 6) is -0.396. The number of hydrazone groups is 1. The molecule has 0 saturated heterocycles. The third kappa shape index (κ3) is 9.27. The number of nitrogens with zero attached hydrogens (tertiary/aromatic N) is 1. The molecule has 0 bridgehead atoms. The maximum atomic E-state index is 12.9. The number of unbranched alkanes of at least 4 members (excludes halogenated alkanes) is 7. The van der Waals surface area contributed by atoms with Crippen molar-refractivity contribution in [2.75, 3.05) is 0 Å². The van der Waals surface area contributed by atoms with Crippen LogP contribution in [0.15, 0.2) is 29.4 Å². The quantitative estimate of drug-likeness (QED) is 0.356. The van der Waals surface area contributed by atoms with Gasteiger partial charge in [-0.25, -0.2) is 9.82 Å². The van der Waals surface area contributed by atoms with E-state index in [1.165, 1.54) is 56.9 Å². The van der Waals surface area contributed by atoms with E-state index in [0.717, 1.165) is 12.8 Å². The van der Waals surface area contributed by atoms with Crippen LogP contribution in [-0.4, -0.2) is 12.1 Å². The van der Waals surface area contributed by atoms with Gasteiger partial charge in [-0.2, -0.15) is 5.10 Å². The van der Waals surface area contributed by atoms with E-state index < -0.39 is 0 Å². The average molecular weight is 306 g/mol. The van der Waals surface area contributed by atoms with Gasteiger partial charge in [0.15, 0.2) is 0 Å². The fraction of sp³-hybridized carbons (Fsp3) is 0.556. The van der Waals surface area contributed by atoms with E-state index in [2.05, 4.69) is 17.5 Å². The summed E-state index contributed by atoms with van der Waals surface area (Å²) in [5.41, 5.74) is 3.11. The Morgan fingerprint density at radius 1 is 1.14 bits per heavy atom. The van der Waals surface area contributed by atoms with Gasteiger partial charge in [0.05, 0.1) is 6.21 Å². The molecule has 0 aliphatic heterocycles. The summed E-state index contributed by atoms with van der Waals surface area (Å²) >= 11 is 0. The molecule has 0 saturated carbocycles. The molecule has 3 nitrogen and oxygen atoms in total. The molecule has 4 heteroatoms. The van der Waals surface area contributed by atoms with Gasteiger partial charge in [-0.1, -0.05) is 64.0 Å². The van der Waals surface area contributed by atoms with E-state index in [-0.39, 0.29) is 11.7 Å². The van der Waals surface area contributed by atoms with Crippen molar-refractivity contribution in [3.63, 3.8) is 0 Å². The molecule has 0 unspecified atom stereocenters. The predicted octanol–water partition coefficient (Wildman–Crippen LogP) is 4.81. The third-order valence-electron chi connectivity index (χ3n) is 3.51. The van der Waals surface area contributed by atoms with Crippen LogP contribution in [0.3, 0.4) is 0 Å². The molecule has 0 atom stereocenters. The SMILES string of the molecule is CCCCCCCCCCC(=O)NN=Cc1cccc(F)c1. The molecule has 0 fully saturated rings. The second-order valence-corrected chi connectivity index (χ2v) is 5.57. The van der Waals surface area contributed by atoms with Crippen LogP contribution in [0.25, 0.3) is 0 Å². The van der Waals surface area contributed by atoms with Gasteiger partial charge < -0.3 is 0 Å². The minimum atomic E-state index is -0.311. The van der Waals surface area contributed by atoms with Gasteiger partial charge in [0.2, 0.25) is 5.91 Å². The normalized spacial score (nSPS) is 11.0. The number of benzene rings is 1. The highest BCUT2D eigenvalue weighted by Crippen LogP contribution is 2.09. The molecule has 1 amide bonds. The summed E-state index contributed by atoms with van der Waals surface area (Å²) in [6.45, 7) is 2.22. The molecule has 22 heavy (non-hydrogen) atoms. The summed E-state index contributed by atoms with van der Waals surface area (Å²) in [7, 11) is 0. The van der Waals surface area contributed by atoms with Gasteiger partial charge in [-0.05, 0) is 24.1 Å². The van der Waals surface area contributed by atoms with Crippen molar-refractivity contribution >= 4 is 12.1 Å². The first kappa shape index (κ1) is 18.3. The van der Waals surface area contributed by atoms with Crippen LogP contribution in [0.4, 0.5) is 4.39 Å². The highest BCUT2D eigenvalue weighted by Gasteiger charge is 1.99. The molecule has 0 radical (unpaired) electrons. The number of nitrogens with one attached hydrogen (secondary N) is 1. The van der Waals surface area contributed by atoms with E-state index >= 15 is 0 Å². The van der Waals surface area contributed by atoms with Crippen LogP contribution in [0.2, 0.25) is 0 Å². The lowest BCUT2D eigenvalue weighted by Gasteiger charge is -2.01. The molecular formula is C18H27FN2O. The summed E-state index contributed by atoms with van der Waals surface area (Å²) in [6, 6.07) is 6.09. The van der Waals surface area contributed by atoms with Crippen molar-refractivity contribution in [1.82, 2.24) is 5.43 Å². The van der Waals surface area contributed by atoms with Crippen LogP contribution in [-0.2, 0) is 4.79 Å². The zero-order valence-corrected chi connectivity index (χ0v) is 13.5. The monoisotopic (exact) mass is 306 g/mol. The third-order valence-corrected chi connectivity index (χ3v) is 3.51. The molecule has 1 N–H and O–H groups in total.